The largest absolute Gasteiger partial charge is 0.352 e. The normalized spacial score (nSPS) is 19.3. The van der Waals surface area contributed by atoms with Crippen LogP contribution in [0.2, 0.25) is 0 Å². The number of aromatic nitrogens is 4. The van der Waals surface area contributed by atoms with Crippen molar-refractivity contribution in [3.05, 3.63) is 29.5 Å². The molecule has 2 aromatic rings. The van der Waals surface area contributed by atoms with Crippen LogP contribution in [0.5, 0.6) is 0 Å². The summed E-state index contributed by atoms with van der Waals surface area (Å²) in [5.74, 6) is 1.68. The maximum Gasteiger partial charge on any atom is 0.243 e. The van der Waals surface area contributed by atoms with Crippen molar-refractivity contribution in [2.45, 2.75) is 38.3 Å². The highest BCUT2D eigenvalue weighted by Crippen LogP contribution is 2.28. The van der Waals surface area contributed by atoms with E-state index < -0.39 is 0 Å². The Kier molecular flexibility index (Phi) is 3.29. The second-order valence-electron chi connectivity index (χ2n) is 6.21. The van der Waals surface area contributed by atoms with Crippen LogP contribution >= 0.6 is 0 Å². The molecule has 4 rings (SSSR count). The van der Waals surface area contributed by atoms with Crippen LogP contribution in [0.15, 0.2) is 16.9 Å². The SMILES string of the molecule is CC(c1ncno1)N(C)C1CN(c2cc3c(nn2)CCC3)C1. The first-order valence-electron chi connectivity index (χ1n) is 7.81. The van der Waals surface area contributed by atoms with E-state index >= 15 is 0 Å². The lowest BCUT2D eigenvalue weighted by Crippen LogP contribution is -2.59. The van der Waals surface area contributed by atoms with Gasteiger partial charge in [0, 0.05) is 19.1 Å². The predicted molar refractivity (Wildman–Crippen MR) is 80.5 cm³/mol. The van der Waals surface area contributed by atoms with Gasteiger partial charge >= 0.3 is 0 Å². The Labute approximate surface area is 129 Å². The molecule has 0 saturated carbocycles. The van der Waals surface area contributed by atoms with E-state index in [0.717, 1.165) is 31.7 Å². The third kappa shape index (κ3) is 2.25. The van der Waals surface area contributed by atoms with Crippen LogP contribution in [0.4, 0.5) is 5.82 Å². The second kappa shape index (κ2) is 5.31. The summed E-state index contributed by atoms with van der Waals surface area (Å²) in [5.41, 5.74) is 2.56. The topological polar surface area (TPSA) is 71.2 Å². The Balaban J connectivity index is 1.39. The third-order valence-corrected chi connectivity index (χ3v) is 4.92. The molecule has 7 nitrogen and oxygen atoms in total. The summed E-state index contributed by atoms with van der Waals surface area (Å²) in [6, 6.07) is 2.81. The molecule has 0 bridgehead atoms. The minimum absolute atomic E-state index is 0.126. The van der Waals surface area contributed by atoms with Crippen LogP contribution in [0.25, 0.3) is 0 Å². The van der Waals surface area contributed by atoms with E-state index in [0.29, 0.717) is 11.9 Å². The predicted octanol–water partition coefficient (Wildman–Crippen LogP) is 1.23. The van der Waals surface area contributed by atoms with Gasteiger partial charge in [-0.25, -0.2) is 0 Å². The van der Waals surface area contributed by atoms with E-state index in [1.54, 1.807) is 0 Å². The standard InChI is InChI=1S/C15H20N6O/c1-10(15-16-9-17-22-15)20(2)12-7-21(8-12)14-6-11-4-3-5-13(11)18-19-14/h6,9-10,12H,3-5,7-8H2,1-2H3. The molecule has 22 heavy (non-hydrogen) atoms. The van der Waals surface area contributed by atoms with E-state index in [-0.39, 0.29) is 6.04 Å². The summed E-state index contributed by atoms with van der Waals surface area (Å²) < 4.78 is 5.16. The molecule has 1 atom stereocenters. The number of rotatable bonds is 4. The van der Waals surface area contributed by atoms with Crippen molar-refractivity contribution in [1.29, 1.82) is 0 Å². The maximum absolute atomic E-state index is 5.16. The van der Waals surface area contributed by atoms with Gasteiger partial charge in [0.25, 0.3) is 0 Å². The summed E-state index contributed by atoms with van der Waals surface area (Å²) in [6.07, 6.45) is 4.88. The molecular formula is C15H20N6O. The number of nitrogens with zero attached hydrogens (tertiary/aromatic N) is 6. The van der Waals surface area contributed by atoms with Crippen LogP contribution in [-0.2, 0) is 12.8 Å². The van der Waals surface area contributed by atoms with Crippen molar-refractivity contribution >= 4 is 5.82 Å². The molecule has 0 N–H and O–H groups in total. The molecular weight excluding hydrogens is 280 g/mol. The summed E-state index contributed by atoms with van der Waals surface area (Å²) in [7, 11) is 2.10. The highest BCUT2D eigenvalue weighted by atomic mass is 16.5. The molecule has 0 amide bonds. The van der Waals surface area contributed by atoms with Gasteiger partial charge < -0.3 is 9.42 Å². The van der Waals surface area contributed by atoms with Crippen molar-refractivity contribution < 1.29 is 4.52 Å². The van der Waals surface area contributed by atoms with Gasteiger partial charge in [0.2, 0.25) is 5.89 Å². The number of hydrogen-bond acceptors (Lipinski definition) is 7. The quantitative estimate of drug-likeness (QED) is 0.841. The number of hydrogen-bond donors (Lipinski definition) is 0. The van der Waals surface area contributed by atoms with Gasteiger partial charge in [-0.3, -0.25) is 4.90 Å². The fourth-order valence-electron chi connectivity index (χ4n) is 3.23. The van der Waals surface area contributed by atoms with E-state index in [1.807, 2.05) is 0 Å². The van der Waals surface area contributed by atoms with Crippen LogP contribution in [0.3, 0.4) is 0 Å². The average Bonchev–Trinajstić information content (AvgIpc) is 3.15. The molecule has 0 aromatic carbocycles. The van der Waals surface area contributed by atoms with Crippen molar-refractivity contribution in [3.8, 4) is 0 Å². The monoisotopic (exact) mass is 300 g/mol. The summed E-state index contributed by atoms with van der Waals surface area (Å²) in [5, 5.41) is 12.4. The number of aryl methyl sites for hydroxylation is 2. The number of anilines is 1. The Morgan fingerprint density at radius 1 is 1.32 bits per heavy atom. The molecule has 0 spiro atoms. The van der Waals surface area contributed by atoms with Gasteiger partial charge in [0.05, 0.1) is 11.7 Å². The molecule has 2 aliphatic rings. The summed E-state index contributed by atoms with van der Waals surface area (Å²) >= 11 is 0. The zero-order chi connectivity index (χ0) is 15.1. The highest BCUT2D eigenvalue weighted by molar-refractivity contribution is 5.45. The average molecular weight is 300 g/mol. The number of fused-ring (bicyclic) bond motifs is 1. The minimum atomic E-state index is 0.126. The van der Waals surface area contributed by atoms with Gasteiger partial charge in [-0.1, -0.05) is 5.16 Å². The van der Waals surface area contributed by atoms with E-state index in [1.165, 1.54) is 24.0 Å². The van der Waals surface area contributed by atoms with Gasteiger partial charge in [-0.05, 0) is 44.9 Å². The van der Waals surface area contributed by atoms with Crippen molar-refractivity contribution in [2.75, 3.05) is 25.0 Å². The zero-order valence-electron chi connectivity index (χ0n) is 12.9. The van der Waals surface area contributed by atoms with Crippen molar-refractivity contribution in [2.24, 2.45) is 0 Å². The van der Waals surface area contributed by atoms with Crippen molar-refractivity contribution in [3.63, 3.8) is 0 Å². The summed E-state index contributed by atoms with van der Waals surface area (Å²) in [4.78, 5) is 8.71. The number of likely N-dealkylation sites (N-methyl/N-ethyl adjacent to an activating group) is 1. The van der Waals surface area contributed by atoms with Gasteiger partial charge in [-0.2, -0.15) is 10.1 Å². The Morgan fingerprint density at radius 3 is 2.95 bits per heavy atom. The first-order chi connectivity index (χ1) is 10.7. The molecule has 2 aromatic heterocycles. The molecule has 1 saturated heterocycles. The lowest BCUT2D eigenvalue weighted by atomic mass is 10.1. The molecule has 0 radical (unpaired) electrons. The molecule has 1 unspecified atom stereocenters. The molecule has 1 aliphatic heterocycles. The summed E-state index contributed by atoms with van der Waals surface area (Å²) in [6.45, 7) is 4.01. The van der Waals surface area contributed by atoms with Crippen LogP contribution in [-0.4, -0.2) is 51.4 Å². The van der Waals surface area contributed by atoms with Crippen LogP contribution in [0, 0.1) is 0 Å². The Bertz CT molecular complexity index is 652. The maximum atomic E-state index is 5.16. The van der Waals surface area contributed by atoms with Gasteiger partial charge in [-0.15, -0.1) is 5.10 Å². The molecule has 3 heterocycles. The smallest absolute Gasteiger partial charge is 0.243 e. The van der Waals surface area contributed by atoms with E-state index in [9.17, 15) is 0 Å². The Morgan fingerprint density at radius 2 is 2.18 bits per heavy atom. The third-order valence-electron chi connectivity index (χ3n) is 4.92. The molecule has 7 heteroatoms. The van der Waals surface area contributed by atoms with Crippen LogP contribution < -0.4 is 4.90 Å². The zero-order valence-corrected chi connectivity index (χ0v) is 12.9. The highest BCUT2D eigenvalue weighted by Gasteiger charge is 2.35. The van der Waals surface area contributed by atoms with Crippen molar-refractivity contribution in [1.82, 2.24) is 25.2 Å². The second-order valence-corrected chi connectivity index (χ2v) is 6.21. The van der Waals surface area contributed by atoms with Crippen LogP contribution in [0.1, 0.15) is 36.5 Å². The first kappa shape index (κ1) is 13.6. The molecule has 116 valence electrons. The minimum Gasteiger partial charge on any atom is -0.352 e. The lowest BCUT2D eigenvalue weighted by Gasteiger charge is -2.45. The molecule has 1 fully saturated rings. The van der Waals surface area contributed by atoms with E-state index in [4.69, 9.17) is 4.52 Å². The van der Waals surface area contributed by atoms with Gasteiger partial charge in [0.1, 0.15) is 0 Å². The lowest BCUT2D eigenvalue weighted by molar-refractivity contribution is 0.131. The molecule has 1 aliphatic carbocycles. The van der Waals surface area contributed by atoms with E-state index in [2.05, 4.69) is 50.2 Å². The fourth-order valence-corrected chi connectivity index (χ4v) is 3.23. The van der Waals surface area contributed by atoms with Gasteiger partial charge in [0.15, 0.2) is 12.1 Å². The Hall–Kier alpha value is -2.02. The fraction of sp³-hybridized carbons (Fsp3) is 0.600. The first-order valence-corrected chi connectivity index (χ1v) is 7.81.